The summed E-state index contributed by atoms with van der Waals surface area (Å²) in [6, 6.07) is 7.07. The van der Waals surface area contributed by atoms with Crippen LogP contribution in [0.2, 0.25) is 0 Å². The Balaban J connectivity index is 3.04. The highest BCUT2D eigenvalue weighted by Crippen LogP contribution is 2.16. The van der Waals surface area contributed by atoms with Crippen molar-refractivity contribution < 1.29 is 29.5 Å². The molecule has 32 heavy (non-hydrogen) atoms. The summed E-state index contributed by atoms with van der Waals surface area (Å²) >= 11 is 0. The summed E-state index contributed by atoms with van der Waals surface area (Å²) < 4.78 is 0. The number of benzene rings is 1. The Kier molecular flexibility index (Phi) is 11.4. The molecule has 0 bridgehead atoms. The molecule has 0 aliphatic carbocycles. The van der Waals surface area contributed by atoms with Crippen LogP contribution in [-0.4, -0.2) is 46.1 Å². The largest absolute Gasteiger partial charge is 0.480 e. The normalized spacial score (nSPS) is 14.7. The van der Waals surface area contributed by atoms with Gasteiger partial charge in [-0.05, 0) is 30.2 Å². The van der Waals surface area contributed by atoms with Crippen molar-refractivity contribution in [1.82, 2.24) is 16.1 Å². The third-order valence-corrected chi connectivity index (χ3v) is 5.37. The Morgan fingerprint density at radius 3 is 2.09 bits per heavy atom. The monoisotopic (exact) mass is 449 g/mol. The first-order valence-corrected chi connectivity index (χ1v) is 10.9. The van der Waals surface area contributed by atoms with Gasteiger partial charge in [0.25, 0.3) is 0 Å². The number of hydrogen-bond acceptors (Lipinski definition) is 5. The Bertz CT molecular complexity index is 768. The van der Waals surface area contributed by atoms with E-state index < -0.39 is 41.7 Å². The molecule has 1 aromatic rings. The molecule has 0 heterocycles. The van der Waals surface area contributed by atoms with Crippen molar-refractivity contribution in [3.63, 3.8) is 0 Å². The van der Waals surface area contributed by atoms with E-state index in [4.69, 9.17) is 5.21 Å². The van der Waals surface area contributed by atoms with Gasteiger partial charge in [-0.1, -0.05) is 64.4 Å². The minimum absolute atomic E-state index is 0.0558. The highest BCUT2D eigenvalue weighted by molar-refractivity contribution is 5.92. The maximum absolute atomic E-state index is 13.1. The molecule has 0 fully saturated rings. The SMILES string of the molecule is CC[C@H](C)[C@H](NC(=O)[C@@H](CC(=O)NO)Cc1ccccc1)C(=O)N[C@@H](CC(C)C)C(=O)O. The zero-order valence-corrected chi connectivity index (χ0v) is 19.1. The predicted octanol–water partition coefficient (Wildman–Crippen LogP) is 1.89. The summed E-state index contributed by atoms with van der Waals surface area (Å²) in [6.07, 6.45) is 0.799. The molecular formula is C23H35N3O6. The van der Waals surface area contributed by atoms with E-state index in [-0.39, 0.29) is 31.1 Å². The van der Waals surface area contributed by atoms with Crippen LogP contribution in [0.25, 0.3) is 0 Å². The average Bonchev–Trinajstić information content (AvgIpc) is 2.75. The molecule has 0 unspecified atom stereocenters. The number of rotatable bonds is 13. The summed E-state index contributed by atoms with van der Waals surface area (Å²) in [4.78, 5) is 49.3. The quantitative estimate of drug-likeness (QED) is 0.230. The van der Waals surface area contributed by atoms with E-state index in [1.165, 1.54) is 5.48 Å². The molecule has 0 saturated heterocycles. The second-order valence-electron chi connectivity index (χ2n) is 8.53. The van der Waals surface area contributed by atoms with Gasteiger partial charge in [0.1, 0.15) is 12.1 Å². The molecule has 9 nitrogen and oxygen atoms in total. The maximum atomic E-state index is 13.1. The van der Waals surface area contributed by atoms with E-state index in [1.807, 2.05) is 51.1 Å². The van der Waals surface area contributed by atoms with E-state index in [2.05, 4.69) is 10.6 Å². The number of carboxylic acid groups (broad SMARTS) is 1. The highest BCUT2D eigenvalue weighted by atomic mass is 16.5. The van der Waals surface area contributed by atoms with Crippen molar-refractivity contribution in [1.29, 1.82) is 0 Å². The molecule has 0 aromatic heterocycles. The number of carbonyl (C=O) groups is 4. The Morgan fingerprint density at radius 2 is 1.59 bits per heavy atom. The fourth-order valence-corrected chi connectivity index (χ4v) is 3.35. The van der Waals surface area contributed by atoms with Crippen LogP contribution in [-0.2, 0) is 25.6 Å². The molecule has 0 saturated carbocycles. The molecule has 9 heteroatoms. The molecule has 1 rings (SSSR count). The molecule has 0 radical (unpaired) electrons. The molecule has 0 aliphatic heterocycles. The number of carboxylic acids is 1. The van der Waals surface area contributed by atoms with Gasteiger partial charge < -0.3 is 15.7 Å². The molecule has 3 amide bonds. The van der Waals surface area contributed by atoms with Crippen molar-refractivity contribution in [2.75, 3.05) is 0 Å². The van der Waals surface area contributed by atoms with Crippen LogP contribution >= 0.6 is 0 Å². The van der Waals surface area contributed by atoms with Gasteiger partial charge in [0.15, 0.2) is 0 Å². The minimum atomic E-state index is -1.14. The smallest absolute Gasteiger partial charge is 0.326 e. The Hall–Kier alpha value is -2.94. The first-order chi connectivity index (χ1) is 15.1. The number of aliphatic carboxylic acids is 1. The van der Waals surface area contributed by atoms with Gasteiger partial charge in [-0.3, -0.25) is 19.6 Å². The number of nitrogens with one attached hydrogen (secondary N) is 3. The number of amides is 3. The summed E-state index contributed by atoms with van der Waals surface area (Å²) in [5.74, 6) is -3.98. The van der Waals surface area contributed by atoms with Crippen LogP contribution in [0, 0.1) is 17.8 Å². The van der Waals surface area contributed by atoms with Crippen molar-refractivity contribution in [2.24, 2.45) is 17.8 Å². The third kappa shape index (κ3) is 9.05. The maximum Gasteiger partial charge on any atom is 0.326 e. The van der Waals surface area contributed by atoms with Gasteiger partial charge in [0, 0.05) is 6.42 Å². The average molecular weight is 450 g/mol. The first kappa shape index (κ1) is 27.1. The standard InChI is InChI=1S/C23H35N3O6/c1-5-15(4)20(22(29)24-18(23(30)31)11-14(2)3)25-21(28)17(13-19(27)26-32)12-16-9-7-6-8-10-16/h6-10,14-15,17-18,20,32H,5,11-13H2,1-4H3,(H,24,29)(H,25,28)(H,26,27)(H,30,31)/t15-,17+,18-,20-/m0/s1. The first-order valence-electron chi connectivity index (χ1n) is 10.9. The topological polar surface area (TPSA) is 145 Å². The molecule has 1 aromatic carbocycles. The van der Waals surface area contributed by atoms with Crippen LogP contribution in [0.15, 0.2) is 30.3 Å². The van der Waals surface area contributed by atoms with Crippen molar-refractivity contribution in [3.05, 3.63) is 35.9 Å². The lowest BCUT2D eigenvalue weighted by Crippen LogP contribution is -2.55. The fourth-order valence-electron chi connectivity index (χ4n) is 3.35. The molecule has 0 spiro atoms. The van der Waals surface area contributed by atoms with Crippen LogP contribution in [0.3, 0.4) is 0 Å². The molecular weight excluding hydrogens is 414 g/mol. The van der Waals surface area contributed by atoms with E-state index in [9.17, 15) is 24.3 Å². The predicted molar refractivity (Wildman–Crippen MR) is 119 cm³/mol. The molecule has 5 N–H and O–H groups in total. The summed E-state index contributed by atoms with van der Waals surface area (Å²) in [7, 11) is 0. The fraction of sp³-hybridized carbons (Fsp3) is 0.565. The van der Waals surface area contributed by atoms with Crippen LogP contribution in [0.1, 0.15) is 52.5 Å². The van der Waals surface area contributed by atoms with E-state index in [1.54, 1.807) is 6.92 Å². The zero-order chi connectivity index (χ0) is 24.3. The lowest BCUT2D eigenvalue weighted by Gasteiger charge is -2.27. The van der Waals surface area contributed by atoms with Gasteiger partial charge >= 0.3 is 5.97 Å². The van der Waals surface area contributed by atoms with Gasteiger partial charge in [-0.15, -0.1) is 0 Å². The number of carbonyl (C=O) groups excluding carboxylic acids is 3. The molecule has 0 aliphatic rings. The van der Waals surface area contributed by atoms with Crippen LogP contribution in [0.5, 0.6) is 0 Å². The van der Waals surface area contributed by atoms with Gasteiger partial charge in [0.2, 0.25) is 17.7 Å². The van der Waals surface area contributed by atoms with Gasteiger partial charge in [-0.2, -0.15) is 0 Å². The second kappa shape index (κ2) is 13.5. The van der Waals surface area contributed by atoms with E-state index in [0.717, 1.165) is 5.56 Å². The molecule has 178 valence electrons. The van der Waals surface area contributed by atoms with Crippen LogP contribution < -0.4 is 16.1 Å². The van der Waals surface area contributed by atoms with Crippen molar-refractivity contribution in [2.45, 2.75) is 65.5 Å². The van der Waals surface area contributed by atoms with Crippen LogP contribution in [0.4, 0.5) is 0 Å². The van der Waals surface area contributed by atoms with Gasteiger partial charge in [0.05, 0.1) is 5.92 Å². The zero-order valence-electron chi connectivity index (χ0n) is 19.1. The highest BCUT2D eigenvalue weighted by Gasteiger charge is 2.32. The minimum Gasteiger partial charge on any atom is -0.480 e. The third-order valence-electron chi connectivity index (χ3n) is 5.37. The number of hydroxylamine groups is 1. The Morgan fingerprint density at radius 1 is 0.969 bits per heavy atom. The second-order valence-corrected chi connectivity index (χ2v) is 8.53. The summed E-state index contributed by atoms with van der Waals surface area (Å²) in [5, 5.41) is 23.6. The summed E-state index contributed by atoms with van der Waals surface area (Å²) in [5.41, 5.74) is 2.36. The van der Waals surface area contributed by atoms with Crippen molar-refractivity contribution in [3.8, 4) is 0 Å². The lowest BCUT2D eigenvalue weighted by molar-refractivity contribution is -0.143. The molecule has 4 atom stereocenters. The van der Waals surface area contributed by atoms with E-state index >= 15 is 0 Å². The Labute approximate surface area is 188 Å². The number of hydrogen-bond donors (Lipinski definition) is 5. The summed E-state index contributed by atoms with van der Waals surface area (Å²) in [6.45, 7) is 7.36. The van der Waals surface area contributed by atoms with E-state index in [0.29, 0.717) is 6.42 Å². The van der Waals surface area contributed by atoms with Crippen molar-refractivity contribution >= 4 is 23.7 Å². The lowest BCUT2D eigenvalue weighted by atomic mass is 9.92. The van der Waals surface area contributed by atoms with Gasteiger partial charge in [-0.25, -0.2) is 10.3 Å².